The summed E-state index contributed by atoms with van der Waals surface area (Å²) in [4.78, 5) is 42.5. The second-order valence-electron chi connectivity index (χ2n) is 11.3. The average molecular weight is 616 g/mol. The molecule has 0 unspecified atom stereocenters. The zero-order valence-electron chi connectivity index (χ0n) is 24.6. The van der Waals surface area contributed by atoms with Crippen molar-refractivity contribution in [3.8, 4) is 17.6 Å². The number of amides is 3. The summed E-state index contributed by atoms with van der Waals surface area (Å²) in [6, 6.07) is 14.4. The van der Waals surface area contributed by atoms with Crippen LogP contribution in [0.25, 0.3) is 0 Å². The number of nitrogens with one attached hydrogen (secondary N) is 1. The predicted molar refractivity (Wildman–Crippen MR) is 158 cm³/mol. The van der Waals surface area contributed by atoms with Crippen LogP contribution in [-0.4, -0.2) is 66.9 Å². The largest absolute Gasteiger partial charge is 0.492 e. The van der Waals surface area contributed by atoms with Gasteiger partial charge >= 0.3 is 0 Å². The van der Waals surface area contributed by atoms with Gasteiger partial charge in [-0.2, -0.15) is 5.26 Å². The van der Waals surface area contributed by atoms with E-state index in [1.807, 2.05) is 17.0 Å². The molecule has 3 aromatic rings. The zero-order chi connectivity index (χ0) is 31.7. The summed E-state index contributed by atoms with van der Waals surface area (Å²) in [5.41, 5.74) is 2.74. The number of ether oxygens (including phenoxy) is 2. The SMILES string of the molecule is COc1c(C#N)ccc(N2CCN(Cc3ccc(COc4cccc5c4CN([C@H]4CCC(=O)NC4=O)C5=O)c(F)c3)CC2)c1F. The maximum absolute atomic E-state index is 15.2. The van der Waals surface area contributed by atoms with Gasteiger partial charge in [-0.1, -0.05) is 18.2 Å². The summed E-state index contributed by atoms with van der Waals surface area (Å²) in [6.07, 6.45) is 0.429. The first-order chi connectivity index (χ1) is 21.8. The Morgan fingerprint density at radius 1 is 1.04 bits per heavy atom. The molecule has 0 aliphatic carbocycles. The molecule has 0 spiro atoms. The van der Waals surface area contributed by atoms with Gasteiger partial charge in [0.05, 0.1) is 24.9 Å². The zero-order valence-corrected chi connectivity index (χ0v) is 24.6. The lowest BCUT2D eigenvalue weighted by molar-refractivity contribution is -0.136. The van der Waals surface area contributed by atoms with Crippen molar-refractivity contribution in [2.75, 3.05) is 38.2 Å². The van der Waals surface area contributed by atoms with E-state index in [2.05, 4.69) is 10.2 Å². The van der Waals surface area contributed by atoms with Crippen LogP contribution in [0.5, 0.6) is 11.5 Å². The molecule has 232 valence electrons. The fraction of sp³-hybridized carbons (Fsp3) is 0.333. The third kappa shape index (κ3) is 5.91. The van der Waals surface area contributed by atoms with Crippen LogP contribution in [0, 0.1) is 23.0 Å². The van der Waals surface area contributed by atoms with E-state index < -0.39 is 23.6 Å². The molecule has 6 rings (SSSR count). The van der Waals surface area contributed by atoms with Gasteiger partial charge in [0.1, 0.15) is 30.3 Å². The fourth-order valence-corrected chi connectivity index (χ4v) is 6.14. The minimum Gasteiger partial charge on any atom is -0.492 e. The summed E-state index contributed by atoms with van der Waals surface area (Å²) in [6.45, 7) is 3.04. The van der Waals surface area contributed by atoms with Gasteiger partial charge in [-0.05, 0) is 42.3 Å². The number of hydrogen-bond donors (Lipinski definition) is 1. The standard InChI is InChI=1S/C33H31F2N5O5/c1-44-31-21(16-36)7-8-26(30(31)35)39-13-11-38(12-14-39)17-20-5-6-22(25(34)15-20)19-45-28-4-2-3-23-24(28)18-40(33(23)43)27-9-10-29(41)37-32(27)42/h2-8,15,27H,9-14,17-19H2,1H3,(H,37,41,42)/t27-/m0/s1. The molecule has 1 N–H and O–H groups in total. The molecule has 0 saturated carbocycles. The number of piperazine rings is 1. The smallest absolute Gasteiger partial charge is 0.255 e. The summed E-state index contributed by atoms with van der Waals surface area (Å²) < 4.78 is 41.2. The second kappa shape index (κ2) is 12.5. The van der Waals surface area contributed by atoms with Crippen molar-refractivity contribution in [3.05, 3.63) is 88.0 Å². The molecule has 3 aliphatic rings. The number of carbonyl (C=O) groups is 3. The van der Waals surface area contributed by atoms with Crippen LogP contribution in [-0.2, 0) is 29.3 Å². The number of anilines is 1. The van der Waals surface area contributed by atoms with E-state index in [0.29, 0.717) is 60.9 Å². The molecular formula is C33H31F2N5O5. The molecule has 3 aromatic carbocycles. The maximum Gasteiger partial charge on any atom is 0.255 e. The number of rotatable bonds is 8. The molecule has 10 nitrogen and oxygen atoms in total. The number of imide groups is 1. The Labute approximate surface area is 258 Å². The lowest BCUT2D eigenvalue weighted by atomic mass is 10.0. The van der Waals surface area contributed by atoms with Crippen molar-refractivity contribution in [3.63, 3.8) is 0 Å². The normalized spacial score (nSPS) is 18.4. The molecule has 2 saturated heterocycles. The van der Waals surface area contributed by atoms with E-state index in [0.717, 1.165) is 5.56 Å². The first kappa shape index (κ1) is 30.0. The Kier molecular flexibility index (Phi) is 8.36. The summed E-state index contributed by atoms with van der Waals surface area (Å²) >= 11 is 0. The Hall–Kier alpha value is -5.02. The Morgan fingerprint density at radius 2 is 1.84 bits per heavy atom. The van der Waals surface area contributed by atoms with Gasteiger partial charge in [0.15, 0.2) is 11.6 Å². The Morgan fingerprint density at radius 3 is 2.56 bits per heavy atom. The highest BCUT2D eigenvalue weighted by atomic mass is 19.1. The summed E-state index contributed by atoms with van der Waals surface area (Å²) in [7, 11) is 1.34. The van der Waals surface area contributed by atoms with E-state index in [1.165, 1.54) is 18.1 Å². The molecule has 0 bridgehead atoms. The van der Waals surface area contributed by atoms with Crippen molar-refractivity contribution >= 4 is 23.4 Å². The van der Waals surface area contributed by atoms with Crippen LogP contribution in [0.4, 0.5) is 14.5 Å². The van der Waals surface area contributed by atoms with Gasteiger partial charge in [0.2, 0.25) is 11.8 Å². The number of methoxy groups -OCH3 is 1. The van der Waals surface area contributed by atoms with Crippen molar-refractivity contribution in [1.82, 2.24) is 15.1 Å². The van der Waals surface area contributed by atoms with Gasteiger partial charge in [-0.3, -0.25) is 24.6 Å². The topological polar surface area (TPSA) is 115 Å². The van der Waals surface area contributed by atoms with Crippen LogP contribution in [0.1, 0.15) is 45.5 Å². The molecular weight excluding hydrogens is 584 g/mol. The second-order valence-corrected chi connectivity index (χ2v) is 11.3. The molecule has 3 amide bonds. The van der Waals surface area contributed by atoms with Gasteiger partial charge in [0.25, 0.3) is 5.91 Å². The number of hydrogen-bond acceptors (Lipinski definition) is 8. The molecule has 3 heterocycles. The number of halogens is 2. The summed E-state index contributed by atoms with van der Waals surface area (Å²) in [5, 5.41) is 11.5. The Bertz CT molecular complexity index is 1720. The quantitative estimate of drug-likeness (QED) is 0.383. The fourth-order valence-electron chi connectivity index (χ4n) is 6.14. The average Bonchev–Trinajstić information content (AvgIpc) is 3.37. The maximum atomic E-state index is 15.2. The monoisotopic (exact) mass is 615 g/mol. The summed E-state index contributed by atoms with van der Waals surface area (Å²) in [5.74, 6) is -1.72. The van der Waals surface area contributed by atoms with E-state index in [4.69, 9.17) is 9.47 Å². The number of nitriles is 1. The Balaban J connectivity index is 1.05. The van der Waals surface area contributed by atoms with Crippen LogP contribution < -0.4 is 19.7 Å². The minimum absolute atomic E-state index is 0.0481. The van der Waals surface area contributed by atoms with E-state index >= 15 is 4.39 Å². The number of fused-ring (bicyclic) bond motifs is 1. The van der Waals surface area contributed by atoms with Crippen LogP contribution >= 0.6 is 0 Å². The third-order valence-corrected chi connectivity index (χ3v) is 8.56. The highest BCUT2D eigenvalue weighted by Crippen LogP contribution is 2.34. The number of piperidine rings is 1. The third-order valence-electron chi connectivity index (χ3n) is 8.56. The molecule has 0 radical (unpaired) electrons. The van der Waals surface area contributed by atoms with Gasteiger partial charge in [-0.25, -0.2) is 8.78 Å². The van der Waals surface area contributed by atoms with Crippen LogP contribution in [0.15, 0.2) is 48.5 Å². The highest BCUT2D eigenvalue weighted by Gasteiger charge is 2.40. The lowest BCUT2D eigenvalue weighted by Crippen LogP contribution is -2.52. The van der Waals surface area contributed by atoms with Crippen molar-refractivity contribution in [2.45, 2.75) is 38.6 Å². The van der Waals surface area contributed by atoms with E-state index in [9.17, 15) is 24.0 Å². The van der Waals surface area contributed by atoms with Gasteiger partial charge < -0.3 is 19.3 Å². The molecule has 2 fully saturated rings. The molecule has 3 aliphatic heterocycles. The number of benzene rings is 3. The molecule has 1 atom stereocenters. The molecule has 45 heavy (non-hydrogen) atoms. The van der Waals surface area contributed by atoms with Crippen molar-refractivity contribution in [2.24, 2.45) is 0 Å². The van der Waals surface area contributed by atoms with E-state index in [1.54, 1.807) is 36.4 Å². The van der Waals surface area contributed by atoms with Gasteiger partial charge in [0, 0.05) is 55.8 Å². The van der Waals surface area contributed by atoms with Crippen LogP contribution in [0.2, 0.25) is 0 Å². The number of nitrogens with zero attached hydrogens (tertiary/aromatic N) is 4. The lowest BCUT2D eigenvalue weighted by Gasteiger charge is -2.36. The van der Waals surface area contributed by atoms with Gasteiger partial charge in [-0.15, -0.1) is 0 Å². The predicted octanol–water partition coefficient (Wildman–Crippen LogP) is 3.51. The minimum atomic E-state index is -0.732. The van der Waals surface area contributed by atoms with Crippen molar-refractivity contribution in [1.29, 1.82) is 5.26 Å². The van der Waals surface area contributed by atoms with Crippen LogP contribution in [0.3, 0.4) is 0 Å². The first-order valence-corrected chi connectivity index (χ1v) is 14.7. The molecule has 12 heteroatoms. The van der Waals surface area contributed by atoms with E-state index in [-0.39, 0.29) is 49.1 Å². The number of carbonyl (C=O) groups excluding carboxylic acids is 3. The van der Waals surface area contributed by atoms with Crippen molar-refractivity contribution < 1.29 is 32.6 Å². The molecule has 0 aromatic heterocycles. The highest BCUT2D eigenvalue weighted by molar-refractivity contribution is 6.05. The first-order valence-electron chi connectivity index (χ1n) is 14.7.